The zero-order valence-electron chi connectivity index (χ0n) is 31.2. The molecule has 25 atom stereocenters. The van der Waals surface area contributed by atoms with Crippen LogP contribution in [0.25, 0.3) is 0 Å². The summed E-state index contributed by atoms with van der Waals surface area (Å²) in [4.78, 5) is 12.4. The SMILES string of the molecule is CC(=O)N[C@H]1[C@H](O[C@H]2[C@@H](O)[C@@H](CO)O[C@H](O[C@@H]3[C@H](O)[C@@H](O)[C@H](O[C@@H]4[C@H](O)[C@@H](O)[C@H](O)O[C@@H]4CO)O[C@@H]3CO)[C@@H]2O)O[C@H](CO)[C@H](O)[C@@H]1O[C@@H]1O[C@H](CO)[C@H](O)[C@H](O)[C@H]1O. The maximum Gasteiger partial charge on any atom is 0.217 e. The molecule has 0 spiro atoms. The van der Waals surface area contributed by atoms with Crippen LogP contribution < -0.4 is 5.32 Å². The Labute approximate surface area is 333 Å². The van der Waals surface area contributed by atoms with Gasteiger partial charge >= 0.3 is 0 Å². The van der Waals surface area contributed by atoms with Gasteiger partial charge in [-0.05, 0) is 0 Å². The van der Waals surface area contributed by atoms with E-state index in [0.29, 0.717) is 0 Å². The summed E-state index contributed by atoms with van der Waals surface area (Å²) in [5, 5.41) is 169. The number of amides is 1. The van der Waals surface area contributed by atoms with E-state index in [1.54, 1.807) is 0 Å². The first-order chi connectivity index (χ1) is 27.9. The Bertz CT molecular complexity index is 1320. The molecule has 5 fully saturated rings. The van der Waals surface area contributed by atoms with Gasteiger partial charge in [0.1, 0.15) is 122 Å². The molecule has 1 amide bonds. The van der Waals surface area contributed by atoms with E-state index in [1.807, 2.05) is 0 Å². The van der Waals surface area contributed by atoms with Crippen LogP contribution in [0.15, 0.2) is 0 Å². The fourth-order valence-corrected chi connectivity index (χ4v) is 7.43. The average Bonchev–Trinajstić information content (AvgIpc) is 3.21. The zero-order valence-corrected chi connectivity index (χ0v) is 31.2. The number of rotatable bonds is 14. The second kappa shape index (κ2) is 20.8. The molecule has 17 N–H and O–H groups in total. The lowest BCUT2D eigenvalue weighted by Gasteiger charge is -2.50. The Morgan fingerprint density at radius 3 is 1.29 bits per heavy atom. The summed E-state index contributed by atoms with van der Waals surface area (Å²) >= 11 is 0. The van der Waals surface area contributed by atoms with Crippen LogP contribution in [0.2, 0.25) is 0 Å². The topological polar surface area (TPSA) is 436 Å². The molecule has 0 saturated carbocycles. The van der Waals surface area contributed by atoms with Crippen LogP contribution in [0.3, 0.4) is 0 Å². The largest absolute Gasteiger partial charge is 0.394 e. The Morgan fingerprint density at radius 2 is 0.780 bits per heavy atom. The highest BCUT2D eigenvalue weighted by molar-refractivity contribution is 5.73. The van der Waals surface area contributed by atoms with E-state index in [4.69, 9.17) is 42.6 Å². The van der Waals surface area contributed by atoms with Crippen LogP contribution in [0.4, 0.5) is 0 Å². The van der Waals surface area contributed by atoms with E-state index in [9.17, 15) is 86.5 Å². The minimum atomic E-state index is -2.15. The number of aliphatic hydroxyl groups excluding tert-OH is 16. The summed E-state index contributed by atoms with van der Waals surface area (Å²) < 4.78 is 50.1. The van der Waals surface area contributed by atoms with Crippen LogP contribution in [-0.2, 0) is 47.4 Å². The van der Waals surface area contributed by atoms with Crippen LogP contribution >= 0.6 is 0 Å². The second-order valence-electron chi connectivity index (χ2n) is 14.7. The summed E-state index contributed by atoms with van der Waals surface area (Å²) in [5.41, 5.74) is 0. The van der Waals surface area contributed by atoms with Gasteiger partial charge in [0.2, 0.25) is 5.91 Å². The van der Waals surface area contributed by atoms with E-state index < -0.39 is 192 Å². The molecular formula is C32H55NO26. The maximum atomic E-state index is 12.4. The predicted octanol–water partition coefficient (Wildman–Crippen LogP) is -11.8. The van der Waals surface area contributed by atoms with Gasteiger partial charge in [-0.15, -0.1) is 0 Å². The quantitative estimate of drug-likeness (QED) is 0.0770. The lowest BCUT2D eigenvalue weighted by molar-refractivity contribution is -0.388. The molecule has 0 unspecified atom stereocenters. The van der Waals surface area contributed by atoms with Crippen molar-refractivity contribution in [2.45, 2.75) is 160 Å². The molecule has 0 aromatic heterocycles. The molecule has 0 aromatic rings. The highest BCUT2D eigenvalue weighted by Crippen LogP contribution is 2.35. The Morgan fingerprint density at radius 1 is 0.407 bits per heavy atom. The maximum absolute atomic E-state index is 12.4. The Kier molecular flexibility index (Phi) is 17.1. The fourth-order valence-electron chi connectivity index (χ4n) is 7.43. The molecule has 5 aliphatic rings. The molecule has 59 heavy (non-hydrogen) atoms. The number of hydrogen-bond acceptors (Lipinski definition) is 26. The third-order valence-electron chi connectivity index (χ3n) is 10.7. The van der Waals surface area contributed by atoms with Gasteiger partial charge in [-0.1, -0.05) is 0 Å². The normalized spacial score (nSPS) is 51.0. The van der Waals surface area contributed by atoms with Crippen molar-refractivity contribution < 1.29 is 129 Å². The van der Waals surface area contributed by atoms with Crippen LogP contribution in [0.5, 0.6) is 0 Å². The molecule has 5 rings (SSSR count). The molecule has 27 nitrogen and oxygen atoms in total. The van der Waals surface area contributed by atoms with Crippen LogP contribution in [-0.4, -0.2) is 274 Å². The molecule has 5 aliphatic heterocycles. The Balaban J connectivity index is 1.35. The molecular weight excluding hydrogens is 814 g/mol. The summed E-state index contributed by atoms with van der Waals surface area (Å²) in [6.45, 7) is -3.58. The van der Waals surface area contributed by atoms with Gasteiger partial charge < -0.3 is 130 Å². The van der Waals surface area contributed by atoms with Crippen molar-refractivity contribution in [2.75, 3.05) is 33.0 Å². The fraction of sp³-hybridized carbons (Fsp3) is 0.969. The van der Waals surface area contributed by atoms with Gasteiger partial charge in [0.15, 0.2) is 31.5 Å². The third-order valence-corrected chi connectivity index (χ3v) is 10.7. The van der Waals surface area contributed by atoms with Gasteiger partial charge in [0.05, 0.1) is 33.0 Å². The monoisotopic (exact) mass is 869 g/mol. The van der Waals surface area contributed by atoms with Gasteiger partial charge in [0.25, 0.3) is 0 Å². The number of carbonyl (C=O) groups is 1. The van der Waals surface area contributed by atoms with E-state index in [-0.39, 0.29) is 0 Å². The zero-order chi connectivity index (χ0) is 43.6. The molecule has 27 heteroatoms. The van der Waals surface area contributed by atoms with Crippen molar-refractivity contribution in [3.05, 3.63) is 0 Å². The summed E-state index contributed by atoms with van der Waals surface area (Å²) in [6.07, 6.45) is -44.4. The van der Waals surface area contributed by atoms with E-state index in [0.717, 1.165) is 6.92 Å². The van der Waals surface area contributed by atoms with Gasteiger partial charge in [-0.2, -0.15) is 0 Å². The molecule has 0 aromatic carbocycles. The average molecular weight is 870 g/mol. The van der Waals surface area contributed by atoms with Crippen molar-refractivity contribution in [1.29, 1.82) is 0 Å². The van der Waals surface area contributed by atoms with E-state index in [1.165, 1.54) is 0 Å². The molecule has 0 radical (unpaired) electrons. The number of nitrogens with one attached hydrogen (secondary N) is 1. The molecule has 0 bridgehead atoms. The molecule has 0 aliphatic carbocycles. The van der Waals surface area contributed by atoms with Crippen molar-refractivity contribution in [1.82, 2.24) is 5.32 Å². The molecule has 344 valence electrons. The number of hydrogen-bond donors (Lipinski definition) is 17. The smallest absolute Gasteiger partial charge is 0.217 e. The van der Waals surface area contributed by atoms with Gasteiger partial charge in [0, 0.05) is 6.92 Å². The lowest BCUT2D eigenvalue weighted by Crippen LogP contribution is -2.70. The lowest BCUT2D eigenvalue weighted by atomic mass is 9.94. The first kappa shape index (κ1) is 48.5. The highest BCUT2D eigenvalue weighted by atomic mass is 16.8. The minimum absolute atomic E-state index is 0.805. The number of aliphatic hydroxyl groups is 16. The van der Waals surface area contributed by atoms with E-state index in [2.05, 4.69) is 5.32 Å². The number of carbonyl (C=O) groups excluding carboxylic acids is 1. The van der Waals surface area contributed by atoms with Crippen molar-refractivity contribution in [3.63, 3.8) is 0 Å². The highest BCUT2D eigenvalue weighted by Gasteiger charge is 2.57. The first-order valence-corrected chi connectivity index (χ1v) is 18.6. The summed E-state index contributed by atoms with van der Waals surface area (Å²) in [7, 11) is 0. The summed E-state index contributed by atoms with van der Waals surface area (Å²) in [5.74, 6) is -0.805. The summed E-state index contributed by atoms with van der Waals surface area (Å²) in [6, 6.07) is -1.67. The van der Waals surface area contributed by atoms with Crippen molar-refractivity contribution in [2.24, 2.45) is 0 Å². The van der Waals surface area contributed by atoms with Crippen molar-refractivity contribution in [3.8, 4) is 0 Å². The van der Waals surface area contributed by atoms with Crippen molar-refractivity contribution >= 4 is 5.91 Å². The Hall–Kier alpha value is -1.53. The van der Waals surface area contributed by atoms with Crippen LogP contribution in [0, 0.1) is 0 Å². The predicted molar refractivity (Wildman–Crippen MR) is 178 cm³/mol. The van der Waals surface area contributed by atoms with E-state index >= 15 is 0 Å². The minimum Gasteiger partial charge on any atom is -0.394 e. The van der Waals surface area contributed by atoms with Gasteiger partial charge in [-0.25, -0.2) is 0 Å². The van der Waals surface area contributed by atoms with Gasteiger partial charge in [-0.3, -0.25) is 4.79 Å². The number of ether oxygens (including phenoxy) is 9. The van der Waals surface area contributed by atoms with Crippen LogP contribution in [0.1, 0.15) is 6.92 Å². The molecule has 5 saturated heterocycles. The standard InChI is InChI=1S/C32H55NO26/c1-7(39)33-13-26(58-30-21(47)17(43)14(40)8(2-34)53-30)15(41)9(3-35)52-29(13)59-27-16(42)10(4-36)54-32(23(27)49)57-25-12(6-38)55-31(22(48)19(25)45)56-24-11(5-37)51-28(50)20(46)18(24)44/h8-32,34-38,40-50H,2-6H2,1H3,(H,33,39)/t8-,9-,10-,11-,12-,13-,14+,15+,16+,17+,18-,19-,20-,21-,22-,23-,24+,25+,26-,27+,28-,29+,30+,31+,32-/m1/s1. The third kappa shape index (κ3) is 10.2. The first-order valence-electron chi connectivity index (χ1n) is 18.6. The second-order valence-corrected chi connectivity index (χ2v) is 14.7. The molecule has 5 heterocycles.